The molecule has 3 N–H and O–H groups in total. The van der Waals surface area contributed by atoms with Gasteiger partial charge in [-0.15, -0.1) is 0 Å². The third-order valence-corrected chi connectivity index (χ3v) is 9.98. The molecule has 10 nitrogen and oxygen atoms in total. The molecule has 0 saturated carbocycles. The number of β-amino-alcohol motifs (C(OH)–C–C–N with tert-alkyl or cyclic N) is 2. The molecule has 0 unspecified atom stereocenters. The van der Waals surface area contributed by atoms with E-state index in [1.165, 1.54) is 0 Å². The Kier molecular flexibility index (Phi) is 9.06. The first-order valence-electron chi connectivity index (χ1n) is 16.3. The second-order valence-corrected chi connectivity index (χ2v) is 14.7. The van der Waals surface area contributed by atoms with E-state index in [-0.39, 0.29) is 12.0 Å². The van der Waals surface area contributed by atoms with Crippen molar-refractivity contribution in [3.8, 4) is 22.9 Å². The maximum absolute atomic E-state index is 13.4. The number of carbonyl (C=O) groups excluding carboxylic acids is 1. The predicted octanol–water partition coefficient (Wildman–Crippen LogP) is 5.91. The van der Waals surface area contributed by atoms with Crippen LogP contribution < -0.4 is 14.8 Å². The molecule has 256 valence electrons. The average Bonchev–Trinajstić information content (AvgIpc) is 3.44. The summed E-state index contributed by atoms with van der Waals surface area (Å²) in [6.07, 6.45) is 2.91. The monoisotopic (exact) mass is 703 g/mol. The van der Waals surface area contributed by atoms with Gasteiger partial charge >= 0.3 is 0 Å². The number of halogens is 2. The third kappa shape index (κ3) is 7.12. The predicted molar refractivity (Wildman–Crippen MR) is 188 cm³/mol. The molecule has 1 atom stereocenters. The molecule has 4 heterocycles. The zero-order valence-electron chi connectivity index (χ0n) is 27.7. The molecule has 0 radical (unpaired) electrons. The van der Waals surface area contributed by atoms with Gasteiger partial charge in [0.2, 0.25) is 11.8 Å². The van der Waals surface area contributed by atoms with Crippen LogP contribution in [0.25, 0.3) is 11.1 Å². The summed E-state index contributed by atoms with van der Waals surface area (Å²) in [5.74, 6) is 0.815. The average molecular weight is 705 g/mol. The Labute approximate surface area is 295 Å². The van der Waals surface area contributed by atoms with Crippen LogP contribution in [0.15, 0.2) is 60.8 Å². The Morgan fingerprint density at radius 3 is 2.33 bits per heavy atom. The standard InChI is InChI=1S/C37H39Cl2N5O5/c1-36(46)18-43(19-36)16-22-10-13-31(40-15-22)41-33(45)28-9-5-8-27(32(28)39)24-6-4-7-26-25(24)11-12-30(26)49-35-29(38)14-23(34(42-35)48-3)17-44-20-37(2,47)21-44/h4-10,13-15,30,46-47H,11-12,16-21H2,1-3H3,(H,40,41,45)/t30-/m0/s1. The highest BCUT2D eigenvalue weighted by molar-refractivity contribution is 6.37. The molecule has 12 heteroatoms. The van der Waals surface area contributed by atoms with Crippen LogP contribution >= 0.6 is 23.2 Å². The number of anilines is 1. The summed E-state index contributed by atoms with van der Waals surface area (Å²) in [7, 11) is 1.57. The van der Waals surface area contributed by atoms with E-state index in [1.54, 1.807) is 25.4 Å². The number of rotatable bonds is 10. The van der Waals surface area contributed by atoms with Gasteiger partial charge in [-0.2, -0.15) is 4.98 Å². The van der Waals surface area contributed by atoms with Crippen LogP contribution in [-0.2, 0) is 19.5 Å². The number of hydrogen-bond acceptors (Lipinski definition) is 9. The minimum absolute atomic E-state index is 0.283. The Morgan fingerprint density at radius 2 is 1.65 bits per heavy atom. The van der Waals surface area contributed by atoms with Gasteiger partial charge in [0.05, 0.1) is 28.9 Å². The Balaban J connectivity index is 1.05. The summed E-state index contributed by atoms with van der Waals surface area (Å²) in [5, 5.41) is 23.7. The van der Waals surface area contributed by atoms with Gasteiger partial charge in [-0.3, -0.25) is 14.6 Å². The van der Waals surface area contributed by atoms with Crippen molar-refractivity contribution < 1.29 is 24.5 Å². The summed E-state index contributed by atoms with van der Waals surface area (Å²) in [6, 6.07) is 17.0. The van der Waals surface area contributed by atoms with Gasteiger partial charge in [0.25, 0.3) is 5.91 Å². The number of likely N-dealkylation sites (tertiary alicyclic amines) is 2. The summed E-state index contributed by atoms with van der Waals surface area (Å²) in [4.78, 5) is 26.7. The quantitative estimate of drug-likeness (QED) is 0.185. The number of pyridine rings is 2. The van der Waals surface area contributed by atoms with E-state index >= 15 is 0 Å². The number of nitrogens with one attached hydrogen (secondary N) is 1. The van der Waals surface area contributed by atoms with Crippen molar-refractivity contribution in [3.63, 3.8) is 0 Å². The van der Waals surface area contributed by atoms with E-state index in [0.29, 0.717) is 78.9 Å². The molecule has 1 amide bonds. The molecular formula is C37H39Cl2N5O5. The van der Waals surface area contributed by atoms with Crippen molar-refractivity contribution in [1.29, 1.82) is 0 Å². The fourth-order valence-corrected chi connectivity index (χ4v) is 7.77. The van der Waals surface area contributed by atoms with Crippen molar-refractivity contribution in [1.82, 2.24) is 19.8 Å². The van der Waals surface area contributed by atoms with Crippen LogP contribution in [-0.4, -0.2) is 80.4 Å². The van der Waals surface area contributed by atoms with Gasteiger partial charge < -0.3 is 25.0 Å². The van der Waals surface area contributed by atoms with E-state index in [0.717, 1.165) is 39.8 Å². The summed E-state index contributed by atoms with van der Waals surface area (Å²) in [5.41, 5.74) is 4.68. The third-order valence-electron chi connectivity index (χ3n) is 9.30. The van der Waals surface area contributed by atoms with Crippen LogP contribution in [0.2, 0.25) is 10.0 Å². The fourth-order valence-electron chi connectivity index (χ4n) is 7.24. The number of nitrogens with zero attached hydrogens (tertiary/aromatic N) is 4. The molecule has 7 rings (SSSR count). The molecular weight excluding hydrogens is 665 g/mol. The number of fused-ring (bicyclic) bond motifs is 1. The SMILES string of the molecule is COc1nc(O[C@H]2CCc3c(-c4cccc(C(=O)Nc5ccc(CN6CC(C)(O)C6)cn5)c4Cl)cccc32)c(Cl)cc1CN1CC(C)(O)C1. The second-order valence-electron chi connectivity index (χ2n) is 13.9. The van der Waals surface area contributed by atoms with Crippen LogP contribution in [0.1, 0.15) is 59.0 Å². The van der Waals surface area contributed by atoms with Crippen LogP contribution in [0, 0.1) is 0 Å². The van der Waals surface area contributed by atoms with Crippen LogP contribution in [0.3, 0.4) is 0 Å². The van der Waals surface area contributed by atoms with Crippen molar-refractivity contribution in [3.05, 3.63) is 98.7 Å². The minimum atomic E-state index is -0.676. The fraction of sp³-hybridized carbons (Fsp3) is 0.378. The number of aliphatic hydroxyl groups is 2. The molecule has 3 aliphatic rings. The Hall–Kier alpha value is -3.77. The summed E-state index contributed by atoms with van der Waals surface area (Å²) < 4.78 is 12.0. The number of benzene rings is 2. The van der Waals surface area contributed by atoms with E-state index in [2.05, 4.69) is 25.1 Å². The van der Waals surface area contributed by atoms with Gasteiger partial charge in [-0.1, -0.05) is 59.6 Å². The molecule has 2 aromatic heterocycles. The van der Waals surface area contributed by atoms with Gasteiger partial charge in [0, 0.05) is 56.6 Å². The lowest BCUT2D eigenvalue weighted by Crippen LogP contribution is -2.59. The van der Waals surface area contributed by atoms with Crippen molar-refractivity contribution in [2.45, 2.75) is 57.1 Å². The van der Waals surface area contributed by atoms with Gasteiger partial charge in [-0.25, -0.2) is 4.98 Å². The van der Waals surface area contributed by atoms with Crippen molar-refractivity contribution in [2.24, 2.45) is 0 Å². The molecule has 2 saturated heterocycles. The number of amides is 1. The number of methoxy groups -OCH3 is 1. The highest BCUT2D eigenvalue weighted by atomic mass is 35.5. The lowest BCUT2D eigenvalue weighted by atomic mass is 9.95. The van der Waals surface area contributed by atoms with Gasteiger partial charge in [0.1, 0.15) is 16.9 Å². The number of carbonyl (C=O) groups is 1. The number of hydrogen-bond donors (Lipinski definition) is 3. The van der Waals surface area contributed by atoms with Gasteiger partial charge in [0.15, 0.2) is 0 Å². The number of aromatic nitrogens is 2. The van der Waals surface area contributed by atoms with Crippen LogP contribution in [0.4, 0.5) is 5.82 Å². The zero-order chi connectivity index (χ0) is 34.5. The molecule has 49 heavy (non-hydrogen) atoms. The Morgan fingerprint density at radius 1 is 0.959 bits per heavy atom. The summed E-state index contributed by atoms with van der Waals surface area (Å²) >= 11 is 13.6. The van der Waals surface area contributed by atoms with E-state index in [9.17, 15) is 15.0 Å². The molecule has 1 aliphatic carbocycles. The van der Waals surface area contributed by atoms with Crippen LogP contribution in [0.5, 0.6) is 11.8 Å². The second kappa shape index (κ2) is 13.2. The smallest absolute Gasteiger partial charge is 0.258 e. The molecule has 0 spiro atoms. The molecule has 2 fully saturated rings. The highest BCUT2D eigenvalue weighted by Crippen LogP contribution is 2.43. The highest BCUT2D eigenvalue weighted by Gasteiger charge is 2.37. The van der Waals surface area contributed by atoms with Crippen molar-refractivity contribution in [2.75, 3.05) is 38.6 Å². The first-order valence-corrected chi connectivity index (χ1v) is 17.1. The lowest BCUT2D eigenvalue weighted by Gasteiger charge is -2.44. The van der Waals surface area contributed by atoms with E-state index < -0.39 is 11.2 Å². The maximum Gasteiger partial charge on any atom is 0.258 e. The summed E-state index contributed by atoms with van der Waals surface area (Å²) in [6.45, 7) is 7.29. The first kappa shape index (κ1) is 33.7. The molecule has 0 bridgehead atoms. The first-order chi connectivity index (χ1) is 23.4. The zero-order valence-corrected chi connectivity index (χ0v) is 29.2. The van der Waals surface area contributed by atoms with E-state index in [1.807, 2.05) is 56.3 Å². The normalized spacial score (nSPS) is 19.4. The minimum Gasteiger partial charge on any atom is -0.481 e. The van der Waals surface area contributed by atoms with E-state index in [4.69, 9.17) is 32.7 Å². The largest absolute Gasteiger partial charge is 0.481 e. The number of ether oxygens (including phenoxy) is 2. The molecule has 2 aromatic carbocycles. The Bertz CT molecular complexity index is 1890. The van der Waals surface area contributed by atoms with Crippen molar-refractivity contribution >= 4 is 34.9 Å². The topological polar surface area (TPSA) is 120 Å². The molecule has 4 aromatic rings. The lowest BCUT2D eigenvalue weighted by molar-refractivity contribution is -0.0876. The van der Waals surface area contributed by atoms with Gasteiger partial charge in [-0.05, 0) is 67.1 Å². The maximum atomic E-state index is 13.4. The molecule has 2 aliphatic heterocycles.